The minimum atomic E-state index is -1.70. The van der Waals surface area contributed by atoms with Crippen molar-refractivity contribution in [2.75, 3.05) is 6.61 Å². The molecule has 2 fully saturated rings. The van der Waals surface area contributed by atoms with E-state index in [4.69, 9.17) is 14.2 Å². The Hall–Kier alpha value is -0.400. The lowest BCUT2D eigenvalue weighted by Crippen LogP contribution is -2.60. The summed E-state index contributed by atoms with van der Waals surface area (Å²) >= 11 is 0. The fraction of sp³-hybridized carbons (Fsp3) is 1.00. The van der Waals surface area contributed by atoms with Crippen LogP contribution in [0.1, 0.15) is 6.92 Å². The Bertz CT molecular complexity index is 334. The molecule has 0 bridgehead atoms. The normalized spacial score (nSPS) is 53.5. The van der Waals surface area contributed by atoms with Gasteiger partial charge in [-0.2, -0.15) is 0 Å². The highest BCUT2D eigenvalue weighted by Gasteiger charge is 2.45. The number of rotatable bonds is 3. The second-order valence-electron chi connectivity index (χ2n) is 5.55. The third kappa shape index (κ3) is 3.41. The van der Waals surface area contributed by atoms with Gasteiger partial charge in [0.05, 0.1) is 12.7 Å². The second-order valence-corrected chi connectivity index (χ2v) is 5.55. The van der Waals surface area contributed by atoms with Gasteiger partial charge in [0.1, 0.15) is 42.7 Å². The van der Waals surface area contributed by atoms with Crippen LogP contribution in [0.4, 0.5) is 0 Å². The molecule has 0 spiro atoms. The molecule has 0 unspecified atom stereocenters. The van der Waals surface area contributed by atoms with Crippen molar-refractivity contribution < 1.29 is 50.0 Å². The van der Waals surface area contributed by atoms with E-state index in [1.165, 1.54) is 6.92 Å². The summed E-state index contributed by atoms with van der Waals surface area (Å²) in [6.45, 7) is 1.09. The van der Waals surface area contributed by atoms with Crippen LogP contribution in [0, 0.1) is 0 Å². The molecule has 0 aromatic carbocycles. The van der Waals surface area contributed by atoms with Crippen LogP contribution in [-0.4, -0.2) is 104 Å². The zero-order valence-corrected chi connectivity index (χ0v) is 11.8. The van der Waals surface area contributed by atoms with Crippen molar-refractivity contribution in [3.05, 3.63) is 0 Å². The minimum Gasteiger partial charge on any atom is -0.388 e. The monoisotopic (exact) mass is 326 g/mol. The van der Waals surface area contributed by atoms with Crippen LogP contribution < -0.4 is 0 Å². The molecule has 2 rings (SSSR count). The first kappa shape index (κ1) is 17.9. The van der Waals surface area contributed by atoms with E-state index in [-0.39, 0.29) is 6.61 Å². The molecule has 2 heterocycles. The van der Waals surface area contributed by atoms with Gasteiger partial charge in [0.25, 0.3) is 0 Å². The van der Waals surface area contributed by atoms with Crippen LogP contribution in [0.3, 0.4) is 0 Å². The summed E-state index contributed by atoms with van der Waals surface area (Å²) < 4.78 is 15.3. The molecule has 130 valence electrons. The summed E-state index contributed by atoms with van der Waals surface area (Å²) in [5.74, 6) is 0. The highest BCUT2D eigenvalue weighted by molar-refractivity contribution is 4.90. The maximum Gasteiger partial charge on any atom is 0.186 e. The van der Waals surface area contributed by atoms with E-state index in [2.05, 4.69) is 0 Å². The molecule has 0 radical (unpaired) electrons. The first-order valence-electron chi connectivity index (χ1n) is 6.93. The van der Waals surface area contributed by atoms with Crippen molar-refractivity contribution in [1.82, 2.24) is 0 Å². The van der Waals surface area contributed by atoms with Gasteiger partial charge in [0.15, 0.2) is 12.6 Å². The second kappa shape index (κ2) is 7.01. The lowest BCUT2D eigenvalue weighted by Gasteiger charge is -2.41. The molecule has 0 aliphatic carbocycles. The SMILES string of the molecule is C[C@@H]1O[C@H](OC[C@@H]2O[C@H](O)[C@H](O)[C@H](O)[C@H]2O)[C@H](O)[C@H](O)[C@H]1O. The number of aliphatic hydroxyl groups is 7. The molecular weight excluding hydrogens is 304 g/mol. The summed E-state index contributed by atoms with van der Waals surface area (Å²) in [5, 5.41) is 67.0. The Balaban J connectivity index is 1.92. The largest absolute Gasteiger partial charge is 0.388 e. The molecule has 2 aliphatic heterocycles. The molecule has 2 saturated heterocycles. The van der Waals surface area contributed by atoms with Crippen molar-refractivity contribution in [1.29, 1.82) is 0 Å². The highest BCUT2D eigenvalue weighted by atomic mass is 16.7. The molecule has 0 aromatic rings. The number of hydrogen-bond donors (Lipinski definition) is 7. The Morgan fingerprint density at radius 3 is 1.95 bits per heavy atom. The van der Waals surface area contributed by atoms with Crippen molar-refractivity contribution in [2.24, 2.45) is 0 Å². The third-order valence-electron chi connectivity index (χ3n) is 3.92. The molecule has 0 amide bonds. The molecule has 22 heavy (non-hydrogen) atoms. The van der Waals surface area contributed by atoms with Gasteiger partial charge >= 0.3 is 0 Å². The summed E-state index contributed by atoms with van der Waals surface area (Å²) in [4.78, 5) is 0. The summed E-state index contributed by atoms with van der Waals surface area (Å²) in [6, 6.07) is 0. The highest BCUT2D eigenvalue weighted by Crippen LogP contribution is 2.24. The van der Waals surface area contributed by atoms with Crippen LogP contribution >= 0.6 is 0 Å². The van der Waals surface area contributed by atoms with Gasteiger partial charge in [0.2, 0.25) is 0 Å². The van der Waals surface area contributed by atoms with E-state index >= 15 is 0 Å². The van der Waals surface area contributed by atoms with Gasteiger partial charge < -0.3 is 50.0 Å². The molecule has 7 N–H and O–H groups in total. The molecule has 2 aliphatic rings. The number of hydrogen-bond acceptors (Lipinski definition) is 10. The van der Waals surface area contributed by atoms with Gasteiger partial charge in [-0.25, -0.2) is 0 Å². The van der Waals surface area contributed by atoms with E-state index in [1.807, 2.05) is 0 Å². The molecule has 10 heteroatoms. The Kier molecular flexibility index (Phi) is 5.72. The Labute approximate surface area is 126 Å². The predicted octanol–water partition coefficient (Wildman–Crippen LogP) is -4.37. The van der Waals surface area contributed by atoms with Gasteiger partial charge in [-0.15, -0.1) is 0 Å². The van der Waals surface area contributed by atoms with E-state index in [0.717, 1.165) is 0 Å². The summed E-state index contributed by atoms with van der Waals surface area (Å²) in [6.07, 6.45) is -14.0. The van der Waals surface area contributed by atoms with Crippen LogP contribution in [0.15, 0.2) is 0 Å². The molecule has 10 nitrogen and oxygen atoms in total. The number of ether oxygens (including phenoxy) is 3. The Morgan fingerprint density at radius 1 is 0.727 bits per heavy atom. The predicted molar refractivity (Wildman–Crippen MR) is 67.2 cm³/mol. The van der Waals surface area contributed by atoms with Crippen molar-refractivity contribution >= 4 is 0 Å². The minimum absolute atomic E-state index is 0.390. The van der Waals surface area contributed by atoms with Gasteiger partial charge in [-0.05, 0) is 6.92 Å². The number of aliphatic hydroxyl groups excluding tert-OH is 7. The van der Waals surface area contributed by atoms with Gasteiger partial charge in [-0.3, -0.25) is 0 Å². The van der Waals surface area contributed by atoms with E-state index < -0.39 is 61.4 Å². The molecule has 0 saturated carbocycles. The topological polar surface area (TPSA) is 169 Å². The van der Waals surface area contributed by atoms with Crippen molar-refractivity contribution in [3.8, 4) is 0 Å². The van der Waals surface area contributed by atoms with Crippen molar-refractivity contribution in [3.63, 3.8) is 0 Å². The standard InChI is InChI=1S/C12H22O10/c1-3-5(13)7(15)10(18)12(21-3)20-2-4-6(14)8(16)9(17)11(19)22-4/h3-19H,2H2,1H3/t3-,4-,5-,6-,7+,8+,9+,10+,11-,12-/m0/s1. The maximum absolute atomic E-state index is 9.76. The molecule has 0 aromatic heterocycles. The van der Waals surface area contributed by atoms with Crippen LogP contribution in [0.2, 0.25) is 0 Å². The third-order valence-corrected chi connectivity index (χ3v) is 3.92. The summed E-state index contributed by atoms with van der Waals surface area (Å²) in [7, 11) is 0. The smallest absolute Gasteiger partial charge is 0.186 e. The fourth-order valence-corrected chi connectivity index (χ4v) is 2.41. The van der Waals surface area contributed by atoms with Gasteiger partial charge in [0, 0.05) is 0 Å². The van der Waals surface area contributed by atoms with E-state index in [0.29, 0.717) is 0 Å². The first-order chi connectivity index (χ1) is 10.2. The quantitative estimate of drug-likeness (QED) is 0.269. The zero-order valence-electron chi connectivity index (χ0n) is 11.8. The van der Waals surface area contributed by atoms with E-state index in [9.17, 15) is 35.7 Å². The van der Waals surface area contributed by atoms with Crippen LogP contribution in [0.25, 0.3) is 0 Å². The molecular formula is C12H22O10. The van der Waals surface area contributed by atoms with Crippen LogP contribution in [-0.2, 0) is 14.2 Å². The lowest BCUT2D eigenvalue weighted by atomic mass is 9.99. The summed E-state index contributed by atoms with van der Waals surface area (Å²) in [5.41, 5.74) is 0. The fourth-order valence-electron chi connectivity index (χ4n) is 2.41. The Morgan fingerprint density at radius 2 is 1.32 bits per heavy atom. The molecule has 10 atom stereocenters. The van der Waals surface area contributed by atoms with Crippen LogP contribution in [0.5, 0.6) is 0 Å². The lowest BCUT2D eigenvalue weighted by molar-refractivity contribution is -0.322. The first-order valence-corrected chi connectivity index (χ1v) is 6.93. The van der Waals surface area contributed by atoms with E-state index in [1.54, 1.807) is 0 Å². The zero-order chi connectivity index (χ0) is 16.6. The maximum atomic E-state index is 9.76. The van der Waals surface area contributed by atoms with Gasteiger partial charge in [-0.1, -0.05) is 0 Å². The average molecular weight is 326 g/mol. The van der Waals surface area contributed by atoms with Crippen molar-refractivity contribution in [2.45, 2.75) is 68.3 Å². The average Bonchev–Trinajstić information content (AvgIpc) is 2.49.